The predicted molar refractivity (Wildman–Crippen MR) is 95.8 cm³/mol. The summed E-state index contributed by atoms with van der Waals surface area (Å²) in [6.45, 7) is 2.20. The van der Waals surface area contributed by atoms with Crippen molar-refractivity contribution >= 4 is 29.9 Å². The van der Waals surface area contributed by atoms with Gasteiger partial charge in [-0.15, -0.1) is 24.0 Å². The lowest BCUT2D eigenvalue weighted by atomic mass is 10.1. The Morgan fingerprint density at radius 1 is 1.29 bits per heavy atom. The number of aliphatic imine (C=N–C) groups is 1. The molecule has 0 fully saturated rings. The number of nitrogens with two attached hydrogens (primary N) is 1. The monoisotopic (exact) mass is 451 g/mol. The molecule has 0 radical (unpaired) electrons. The molecule has 2 rings (SSSR count). The molecule has 130 valence electrons. The summed E-state index contributed by atoms with van der Waals surface area (Å²) in [5.41, 5.74) is 6.18. The van der Waals surface area contributed by atoms with E-state index in [0.29, 0.717) is 17.9 Å². The zero-order valence-corrected chi connectivity index (χ0v) is 15.2. The zero-order chi connectivity index (χ0) is 16.9. The number of alkyl halides is 3. The molecule has 1 heterocycles. The normalized spacial score (nSPS) is 11.8. The third kappa shape index (κ3) is 6.30. The summed E-state index contributed by atoms with van der Waals surface area (Å²) >= 11 is 0. The molecule has 9 heteroatoms. The van der Waals surface area contributed by atoms with E-state index >= 15 is 0 Å². The summed E-state index contributed by atoms with van der Waals surface area (Å²) in [4.78, 5) is 12.2. The molecule has 0 saturated carbocycles. The molecule has 3 N–H and O–H groups in total. The van der Waals surface area contributed by atoms with Gasteiger partial charge in [-0.3, -0.25) is 0 Å². The molecule has 1 aromatic heterocycles. The number of rotatable bonds is 4. The highest BCUT2D eigenvalue weighted by atomic mass is 127. The van der Waals surface area contributed by atoms with Crippen LogP contribution in [-0.2, 0) is 19.3 Å². The number of hydrogen-bond donors (Lipinski definition) is 2. The Bertz CT molecular complexity index is 704. The fraction of sp³-hybridized carbons (Fsp3) is 0.267. The Labute approximate surface area is 154 Å². The van der Waals surface area contributed by atoms with E-state index in [4.69, 9.17) is 5.73 Å². The SMILES string of the molecule is Cc1nccc(CNC(N)=NCc2cccc(C(F)(F)F)c2)n1.I. The van der Waals surface area contributed by atoms with Crippen molar-refractivity contribution < 1.29 is 13.2 Å². The summed E-state index contributed by atoms with van der Waals surface area (Å²) < 4.78 is 37.9. The Balaban J connectivity index is 0.00000288. The van der Waals surface area contributed by atoms with E-state index < -0.39 is 11.7 Å². The van der Waals surface area contributed by atoms with Crippen LogP contribution in [0, 0.1) is 6.92 Å². The van der Waals surface area contributed by atoms with Crippen molar-refractivity contribution in [3.63, 3.8) is 0 Å². The van der Waals surface area contributed by atoms with Gasteiger partial charge in [0.1, 0.15) is 5.82 Å². The van der Waals surface area contributed by atoms with Crippen LogP contribution in [0.3, 0.4) is 0 Å². The van der Waals surface area contributed by atoms with Crippen LogP contribution in [0.1, 0.15) is 22.6 Å². The van der Waals surface area contributed by atoms with Gasteiger partial charge in [0.05, 0.1) is 24.3 Å². The average molecular weight is 451 g/mol. The van der Waals surface area contributed by atoms with Crippen molar-refractivity contribution in [3.8, 4) is 0 Å². The molecular weight excluding hydrogens is 434 g/mol. The number of benzene rings is 1. The van der Waals surface area contributed by atoms with E-state index in [1.807, 2.05) is 0 Å². The molecular formula is C15H17F3IN5. The maximum Gasteiger partial charge on any atom is 0.416 e. The van der Waals surface area contributed by atoms with Gasteiger partial charge >= 0.3 is 6.18 Å². The molecule has 0 atom stereocenters. The first kappa shape index (κ1) is 20.1. The summed E-state index contributed by atoms with van der Waals surface area (Å²) in [6.07, 6.45) is -2.73. The number of aryl methyl sites for hydroxylation is 1. The fourth-order valence-corrected chi connectivity index (χ4v) is 1.86. The number of hydrogen-bond acceptors (Lipinski definition) is 3. The van der Waals surface area contributed by atoms with Crippen LogP contribution < -0.4 is 11.1 Å². The lowest BCUT2D eigenvalue weighted by Gasteiger charge is -2.08. The predicted octanol–water partition coefficient (Wildman–Crippen LogP) is 3.03. The van der Waals surface area contributed by atoms with E-state index in [-0.39, 0.29) is 36.5 Å². The maximum atomic E-state index is 12.6. The van der Waals surface area contributed by atoms with Crippen molar-refractivity contribution in [1.29, 1.82) is 0 Å². The van der Waals surface area contributed by atoms with Crippen LogP contribution in [0.25, 0.3) is 0 Å². The standard InChI is InChI=1S/C15H16F3N5.HI/c1-10-20-6-5-13(23-10)9-22-14(19)21-8-11-3-2-4-12(7-11)15(16,17)18;/h2-7H,8-9H2,1H3,(H3,19,21,22);1H. The molecule has 0 spiro atoms. The third-order valence-electron chi connectivity index (χ3n) is 2.97. The second-order valence-electron chi connectivity index (χ2n) is 4.85. The van der Waals surface area contributed by atoms with Gasteiger partial charge in [0.25, 0.3) is 0 Å². The van der Waals surface area contributed by atoms with Gasteiger partial charge < -0.3 is 11.1 Å². The Kier molecular flexibility index (Phi) is 7.39. The van der Waals surface area contributed by atoms with Gasteiger partial charge in [-0.1, -0.05) is 12.1 Å². The van der Waals surface area contributed by atoms with Crippen LogP contribution in [0.4, 0.5) is 13.2 Å². The second kappa shape index (κ2) is 8.81. The van der Waals surface area contributed by atoms with E-state index in [0.717, 1.165) is 17.8 Å². The van der Waals surface area contributed by atoms with E-state index in [9.17, 15) is 13.2 Å². The smallest absolute Gasteiger partial charge is 0.370 e. The number of halogens is 4. The summed E-state index contributed by atoms with van der Waals surface area (Å²) in [7, 11) is 0. The Morgan fingerprint density at radius 2 is 2.04 bits per heavy atom. The van der Waals surface area contributed by atoms with Crippen LogP contribution >= 0.6 is 24.0 Å². The minimum atomic E-state index is -4.37. The molecule has 0 bridgehead atoms. The Morgan fingerprint density at radius 3 is 2.71 bits per heavy atom. The molecule has 0 amide bonds. The summed E-state index contributed by atoms with van der Waals surface area (Å²) in [5.74, 6) is 0.780. The van der Waals surface area contributed by atoms with Crippen molar-refractivity contribution in [1.82, 2.24) is 15.3 Å². The van der Waals surface area contributed by atoms with Crippen molar-refractivity contribution in [3.05, 3.63) is 59.2 Å². The fourth-order valence-electron chi connectivity index (χ4n) is 1.86. The minimum absolute atomic E-state index is 0. The van der Waals surface area contributed by atoms with Gasteiger partial charge in [-0.2, -0.15) is 13.2 Å². The van der Waals surface area contributed by atoms with Crippen LogP contribution in [-0.4, -0.2) is 15.9 Å². The van der Waals surface area contributed by atoms with E-state index in [2.05, 4.69) is 20.3 Å². The molecule has 5 nitrogen and oxygen atoms in total. The van der Waals surface area contributed by atoms with E-state index in [1.54, 1.807) is 25.3 Å². The van der Waals surface area contributed by atoms with Crippen molar-refractivity contribution in [2.45, 2.75) is 26.2 Å². The van der Waals surface area contributed by atoms with Crippen molar-refractivity contribution in [2.24, 2.45) is 10.7 Å². The lowest BCUT2D eigenvalue weighted by Crippen LogP contribution is -2.31. The quantitative estimate of drug-likeness (QED) is 0.426. The van der Waals surface area contributed by atoms with Gasteiger partial charge in [-0.25, -0.2) is 15.0 Å². The first-order chi connectivity index (χ1) is 10.8. The number of nitrogens with zero attached hydrogens (tertiary/aromatic N) is 3. The number of guanidine groups is 1. The highest BCUT2D eigenvalue weighted by Crippen LogP contribution is 2.29. The highest BCUT2D eigenvalue weighted by molar-refractivity contribution is 14.0. The largest absolute Gasteiger partial charge is 0.416 e. The van der Waals surface area contributed by atoms with E-state index in [1.165, 1.54) is 6.07 Å². The second-order valence-corrected chi connectivity index (χ2v) is 4.85. The van der Waals surface area contributed by atoms with Gasteiger partial charge in [0.15, 0.2) is 5.96 Å². The van der Waals surface area contributed by atoms with Crippen LogP contribution in [0.5, 0.6) is 0 Å². The summed E-state index contributed by atoms with van der Waals surface area (Å²) in [6, 6.07) is 6.73. The van der Waals surface area contributed by atoms with Gasteiger partial charge in [0, 0.05) is 6.20 Å². The van der Waals surface area contributed by atoms with Gasteiger partial charge in [-0.05, 0) is 30.7 Å². The molecule has 0 aliphatic rings. The van der Waals surface area contributed by atoms with Crippen molar-refractivity contribution in [2.75, 3.05) is 0 Å². The number of nitrogens with one attached hydrogen (secondary N) is 1. The molecule has 1 aromatic carbocycles. The third-order valence-corrected chi connectivity index (χ3v) is 2.97. The molecule has 0 aliphatic carbocycles. The minimum Gasteiger partial charge on any atom is -0.370 e. The first-order valence-corrected chi connectivity index (χ1v) is 6.83. The van der Waals surface area contributed by atoms with Crippen LogP contribution in [0.2, 0.25) is 0 Å². The van der Waals surface area contributed by atoms with Crippen LogP contribution in [0.15, 0.2) is 41.5 Å². The maximum absolute atomic E-state index is 12.6. The first-order valence-electron chi connectivity index (χ1n) is 6.83. The average Bonchev–Trinajstić information content (AvgIpc) is 2.50. The Hall–Kier alpha value is -1.91. The zero-order valence-electron chi connectivity index (χ0n) is 12.8. The molecule has 0 unspecified atom stereocenters. The molecule has 0 aliphatic heterocycles. The highest BCUT2D eigenvalue weighted by Gasteiger charge is 2.30. The molecule has 2 aromatic rings. The van der Waals surface area contributed by atoms with Gasteiger partial charge in [0.2, 0.25) is 0 Å². The lowest BCUT2D eigenvalue weighted by molar-refractivity contribution is -0.137. The number of aromatic nitrogens is 2. The summed E-state index contributed by atoms with van der Waals surface area (Å²) in [5, 5.41) is 2.86. The topological polar surface area (TPSA) is 76.2 Å². The molecule has 24 heavy (non-hydrogen) atoms. The molecule has 0 saturated heterocycles.